The number of oxazole rings is 1. The van der Waals surface area contributed by atoms with Crippen LogP contribution in [0.25, 0.3) is 33.2 Å². The Morgan fingerprint density at radius 2 is 1.68 bits per heavy atom. The third-order valence-corrected chi connectivity index (χ3v) is 3.48. The zero-order valence-electron chi connectivity index (χ0n) is 11.8. The maximum atomic E-state index is 11.4. The molecule has 0 saturated heterocycles. The minimum atomic E-state index is -0.141. The molecule has 1 N–H and O–H groups in total. The predicted octanol–water partition coefficient (Wildman–Crippen LogP) is 2.21. The fourth-order valence-corrected chi connectivity index (χ4v) is 2.39. The maximum Gasteiger partial charge on any atom is 0.229 e. The molecule has 108 valence electrons. The molecule has 0 atom stereocenters. The molecule has 0 aliphatic carbocycles. The highest BCUT2D eigenvalue weighted by Crippen LogP contribution is 2.23. The molecule has 0 unspecified atom stereocenters. The van der Waals surface area contributed by atoms with Crippen molar-refractivity contribution in [2.45, 2.75) is 6.42 Å². The van der Waals surface area contributed by atoms with Crippen LogP contribution >= 0.6 is 0 Å². The largest absolute Gasteiger partial charge is 0.440 e. The molecule has 22 heavy (non-hydrogen) atoms. The zero-order valence-corrected chi connectivity index (χ0v) is 11.8. The molecule has 2 heterocycles. The van der Waals surface area contributed by atoms with Crippen LogP contribution in [0.15, 0.2) is 40.8 Å². The first kappa shape index (κ1) is 12.7. The van der Waals surface area contributed by atoms with Gasteiger partial charge in [0.2, 0.25) is 11.8 Å². The van der Waals surface area contributed by atoms with Crippen LogP contribution in [0.3, 0.4) is 0 Å². The topological polar surface area (TPSA) is 80.9 Å². The van der Waals surface area contributed by atoms with Crippen LogP contribution in [0.1, 0.15) is 5.89 Å². The minimum absolute atomic E-state index is 0.115. The van der Waals surface area contributed by atoms with E-state index in [1.165, 1.54) is 0 Å². The summed E-state index contributed by atoms with van der Waals surface area (Å²) in [6, 6.07) is 11.3. The van der Waals surface area contributed by atoms with Crippen molar-refractivity contribution in [3.05, 3.63) is 42.3 Å². The first-order chi connectivity index (χ1) is 10.7. The van der Waals surface area contributed by atoms with Gasteiger partial charge in [-0.05, 0) is 18.2 Å². The summed E-state index contributed by atoms with van der Waals surface area (Å²) in [4.78, 5) is 24.9. The molecule has 0 bridgehead atoms. The molecule has 0 fully saturated rings. The highest BCUT2D eigenvalue weighted by atomic mass is 16.3. The van der Waals surface area contributed by atoms with Crippen LogP contribution in [0.2, 0.25) is 0 Å². The number of likely N-dealkylation sites (N-methyl/N-ethyl adjacent to an activating group) is 1. The molecular weight excluding hydrogens is 280 g/mol. The number of hydrogen-bond acceptors (Lipinski definition) is 5. The molecule has 6 nitrogen and oxygen atoms in total. The Morgan fingerprint density at radius 1 is 1.00 bits per heavy atom. The van der Waals surface area contributed by atoms with E-state index in [1.54, 1.807) is 7.05 Å². The predicted molar refractivity (Wildman–Crippen MR) is 82.4 cm³/mol. The van der Waals surface area contributed by atoms with Gasteiger partial charge in [0.25, 0.3) is 0 Å². The van der Waals surface area contributed by atoms with Gasteiger partial charge in [0.1, 0.15) is 11.9 Å². The van der Waals surface area contributed by atoms with E-state index in [2.05, 4.69) is 20.3 Å². The van der Waals surface area contributed by atoms with Crippen molar-refractivity contribution >= 4 is 39.1 Å². The SMILES string of the molecule is CNC(=O)Cc1nc2cc3nc4ccccc4nc3cc2o1. The summed E-state index contributed by atoms with van der Waals surface area (Å²) in [6.07, 6.45) is 0.115. The second-order valence-electron chi connectivity index (χ2n) is 4.98. The fourth-order valence-electron chi connectivity index (χ4n) is 2.39. The normalized spacial score (nSPS) is 11.3. The van der Waals surface area contributed by atoms with Gasteiger partial charge in [-0.1, -0.05) is 12.1 Å². The van der Waals surface area contributed by atoms with Crippen molar-refractivity contribution in [3.63, 3.8) is 0 Å². The van der Waals surface area contributed by atoms with Gasteiger partial charge in [0.15, 0.2) is 5.58 Å². The van der Waals surface area contributed by atoms with Crippen molar-refractivity contribution in [2.75, 3.05) is 7.05 Å². The molecule has 4 aromatic rings. The summed E-state index contributed by atoms with van der Waals surface area (Å²) in [6.45, 7) is 0. The Kier molecular flexibility index (Phi) is 2.75. The van der Waals surface area contributed by atoms with Crippen molar-refractivity contribution < 1.29 is 9.21 Å². The van der Waals surface area contributed by atoms with Crippen LogP contribution < -0.4 is 5.32 Å². The lowest BCUT2D eigenvalue weighted by molar-refractivity contribution is -0.120. The van der Waals surface area contributed by atoms with Gasteiger partial charge in [-0.2, -0.15) is 0 Å². The summed E-state index contributed by atoms with van der Waals surface area (Å²) in [5.74, 6) is 0.243. The number of nitrogens with zero attached hydrogens (tertiary/aromatic N) is 3. The van der Waals surface area contributed by atoms with Gasteiger partial charge in [0.05, 0.1) is 22.1 Å². The summed E-state index contributed by atoms with van der Waals surface area (Å²) < 4.78 is 5.62. The number of fused-ring (bicyclic) bond motifs is 3. The Morgan fingerprint density at radius 3 is 2.36 bits per heavy atom. The van der Waals surface area contributed by atoms with Crippen LogP contribution in [0, 0.1) is 0 Å². The summed E-state index contributed by atoms with van der Waals surface area (Å²) in [5, 5.41) is 2.55. The number of amides is 1. The standard InChI is InChI=1S/C16H12N4O2/c1-17-15(21)8-16-20-13-6-11-12(7-14(13)22-16)19-10-5-3-2-4-9(10)18-11/h2-7H,8H2,1H3,(H,17,21). The highest BCUT2D eigenvalue weighted by molar-refractivity contribution is 5.94. The van der Waals surface area contributed by atoms with Crippen molar-refractivity contribution in [2.24, 2.45) is 0 Å². The second kappa shape index (κ2) is 4.77. The van der Waals surface area contributed by atoms with Gasteiger partial charge in [0, 0.05) is 13.1 Å². The van der Waals surface area contributed by atoms with E-state index in [0.717, 1.165) is 22.1 Å². The van der Waals surface area contributed by atoms with Gasteiger partial charge < -0.3 is 9.73 Å². The molecule has 6 heteroatoms. The number of carbonyl (C=O) groups is 1. The number of nitrogens with one attached hydrogen (secondary N) is 1. The van der Waals surface area contributed by atoms with Crippen molar-refractivity contribution in [1.82, 2.24) is 20.3 Å². The average molecular weight is 292 g/mol. The third-order valence-electron chi connectivity index (χ3n) is 3.48. The second-order valence-corrected chi connectivity index (χ2v) is 4.98. The number of aromatic nitrogens is 3. The van der Waals surface area contributed by atoms with E-state index in [4.69, 9.17) is 4.42 Å². The van der Waals surface area contributed by atoms with Gasteiger partial charge >= 0.3 is 0 Å². The van der Waals surface area contributed by atoms with Crippen LogP contribution in [-0.4, -0.2) is 27.9 Å². The highest BCUT2D eigenvalue weighted by Gasteiger charge is 2.12. The van der Waals surface area contributed by atoms with Crippen LogP contribution in [-0.2, 0) is 11.2 Å². The lowest BCUT2D eigenvalue weighted by Crippen LogP contribution is -2.19. The molecule has 0 saturated carbocycles. The van der Waals surface area contributed by atoms with Gasteiger partial charge in [-0.25, -0.2) is 15.0 Å². The molecule has 2 aromatic heterocycles. The zero-order chi connectivity index (χ0) is 15.1. The van der Waals surface area contributed by atoms with E-state index in [1.807, 2.05) is 36.4 Å². The first-order valence-electron chi connectivity index (χ1n) is 6.89. The first-order valence-corrected chi connectivity index (χ1v) is 6.89. The van der Waals surface area contributed by atoms with E-state index in [-0.39, 0.29) is 12.3 Å². The molecule has 0 radical (unpaired) electrons. The Balaban J connectivity index is 1.90. The molecular formula is C16H12N4O2. The summed E-state index contributed by atoms with van der Waals surface area (Å²) in [7, 11) is 1.58. The Bertz CT molecular complexity index is 951. The number of para-hydroxylation sites is 2. The quantitative estimate of drug-likeness (QED) is 0.573. The monoisotopic (exact) mass is 292 g/mol. The molecule has 1 amide bonds. The molecule has 0 aliphatic heterocycles. The summed E-state index contributed by atoms with van der Waals surface area (Å²) >= 11 is 0. The van der Waals surface area contributed by atoms with Gasteiger partial charge in [-0.3, -0.25) is 4.79 Å². The number of benzene rings is 2. The number of carbonyl (C=O) groups excluding carboxylic acids is 1. The molecule has 4 rings (SSSR count). The smallest absolute Gasteiger partial charge is 0.229 e. The van der Waals surface area contributed by atoms with Crippen LogP contribution in [0.4, 0.5) is 0 Å². The molecule has 0 spiro atoms. The third kappa shape index (κ3) is 2.05. The average Bonchev–Trinajstić information content (AvgIpc) is 2.91. The Hall–Kier alpha value is -3.02. The Labute approximate surface area is 125 Å². The van der Waals surface area contributed by atoms with E-state index in [9.17, 15) is 4.79 Å². The molecule has 2 aromatic carbocycles. The fraction of sp³-hybridized carbons (Fsp3) is 0.125. The van der Waals surface area contributed by atoms with E-state index < -0.39 is 0 Å². The lowest BCUT2D eigenvalue weighted by Gasteiger charge is -1.99. The summed E-state index contributed by atoms with van der Waals surface area (Å²) in [5.41, 5.74) is 4.45. The van der Waals surface area contributed by atoms with E-state index in [0.29, 0.717) is 17.0 Å². The maximum absolute atomic E-state index is 11.4. The number of rotatable bonds is 2. The van der Waals surface area contributed by atoms with Crippen LogP contribution in [0.5, 0.6) is 0 Å². The molecule has 0 aliphatic rings. The van der Waals surface area contributed by atoms with E-state index >= 15 is 0 Å². The van der Waals surface area contributed by atoms with Gasteiger partial charge in [-0.15, -0.1) is 0 Å². The van der Waals surface area contributed by atoms with Crippen molar-refractivity contribution in [1.29, 1.82) is 0 Å². The number of hydrogen-bond donors (Lipinski definition) is 1. The minimum Gasteiger partial charge on any atom is -0.440 e. The lowest BCUT2D eigenvalue weighted by atomic mass is 10.2. The van der Waals surface area contributed by atoms with Crippen molar-refractivity contribution in [3.8, 4) is 0 Å².